The first-order valence-electron chi connectivity index (χ1n) is 11.3. The maximum Gasteiger partial charge on any atom is 0.220 e. The molecule has 0 fully saturated rings. The Bertz CT molecular complexity index is 1420. The number of ether oxygens (including phenoxy) is 1. The van der Waals surface area contributed by atoms with Crippen LogP contribution in [0.1, 0.15) is 30.0 Å². The van der Waals surface area contributed by atoms with Gasteiger partial charge in [0.25, 0.3) is 0 Å². The number of carbonyl (C=O) groups is 1. The smallest absolute Gasteiger partial charge is 0.220 e. The molecule has 0 heterocycles. The van der Waals surface area contributed by atoms with Gasteiger partial charge >= 0.3 is 0 Å². The number of fused-ring (bicyclic) bond motifs is 1. The van der Waals surface area contributed by atoms with E-state index in [1.165, 1.54) is 12.1 Å². The number of nitrogens with one attached hydrogen (secondary N) is 1. The van der Waals surface area contributed by atoms with Crippen molar-refractivity contribution in [2.45, 2.75) is 23.8 Å². The second kappa shape index (κ2) is 10.6. The van der Waals surface area contributed by atoms with Gasteiger partial charge in [0.05, 0.1) is 17.5 Å². The summed E-state index contributed by atoms with van der Waals surface area (Å²) in [5, 5.41) is 15.7. The van der Waals surface area contributed by atoms with Gasteiger partial charge in [-0.25, -0.2) is 8.42 Å². The van der Waals surface area contributed by atoms with Gasteiger partial charge in [0.2, 0.25) is 5.91 Å². The lowest BCUT2D eigenvalue weighted by atomic mass is 9.92. The van der Waals surface area contributed by atoms with E-state index in [4.69, 9.17) is 4.74 Å². The highest BCUT2D eigenvalue weighted by molar-refractivity contribution is 7.90. The lowest BCUT2D eigenvalue weighted by Gasteiger charge is -2.22. The Balaban J connectivity index is 1.44. The Morgan fingerprint density at radius 2 is 1.60 bits per heavy atom. The van der Waals surface area contributed by atoms with Gasteiger partial charge in [0.1, 0.15) is 11.5 Å². The third kappa shape index (κ3) is 6.00. The van der Waals surface area contributed by atoms with E-state index in [1.54, 1.807) is 18.2 Å². The molecule has 7 heteroatoms. The van der Waals surface area contributed by atoms with Gasteiger partial charge in [0.15, 0.2) is 9.84 Å². The largest absolute Gasteiger partial charge is 0.508 e. The first-order valence-corrected chi connectivity index (χ1v) is 13.2. The number of amides is 1. The van der Waals surface area contributed by atoms with Gasteiger partial charge in [-0.2, -0.15) is 0 Å². The number of hydrogen-bond donors (Lipinski definition) is 2. The number of aromatic hydroxyl groups is 1. The van der Waals surface area contributed by atoms with Crippen LogP contribution in [0, 0.1) is 0 Å². The molecule has 0 aliphatic carbocycles. The van der Waals surface area contributed by atoms with Crippen LogP contribution in [0.5, 0.6) is 11.5 Å². The second-order valence-corrected chi connectivity index (χ2v) is 10.3. The Hall–Kier alpha value is -3.84. The molecule has 0 spiro atoms. The van der Waals surface area contributed by atoms with Crippen LogP contribution in [-0.2, 0) is 14.6 Å². The first kappa shape index (κ1) is 24.3. The minimum absolute atomic E-state index is 0.124. The molecule has 0 saturated heterocycles. The van der Waals surface area contributed by atoms with Crippen molar-refractivity contribution in [2.75, 3.05) is 12.9 Å². The van der Waals surface area contributed by atoms with Crippen LogP contribution in [-0.4, -0.2) is 32.3 Å². The molecule has 1 atom stereocenters. The normalized spacial score (nSPS) is 12.3. The van der Waals surface area contributed by atoms with Gasteiger partial charge in [-0.05, 0) is 53.1 Å². The van der Waals surface area contributed by atoms with Crippen molar-refractivity contribution in [2.24, 2.45) is 0 Å². The zero-order valence-electron chi connectivity index (χ0n) is 19.3. The number of benzene rings is 4. The number of phenols is 1. The summed E-state index contributed by atoms with van der Waals surface area (Å²) in [5.74, 6) is 0.501. The van der Waals surface area contributed by atoms with Crippen molar-refractivity contribution in [3.8, 4) is 11.5 Å². The molecule has 0 aliphatic rings. The van der Waals surface area contributed by atoms with Crippen molar-refractivity contribution in [3.05, 3.63) is 102 Å². The molecule has 0 radical (unpaired) electrons. The van der Waals surface area contributed by atoms with E-state index in [0.717, 1.165) is 22.6 Å². The van der Waals surface area contributed by atoms with E-state index in [-0.39, 0.29) is 23.0 Å². The topological polar surface area (TPSA) is 92.7 Å². The molecule has 1 unspecified atom stereocenters. The highest BCUT2D eigenvalue weighted by atomic mass is 32.2. The van der Waals surface area contributed by atoms with Crippen LogP contribution in [0.2, 0.25) is 0 Å². The van der Waals surface area contributed by atoms with Crippen molar-refractivity contribution < 1.29 is 23.1 Å². The molecule has 180 valence electrons. The predicted octanol–water partition coefficient (Wildman–Crippen LogP) is 5.01. The molecule has 0 bridgehead atoms. The van der Waals surface area contributed by atoms with Gasteiger partial charge in [0, 0.05) is 18.2 Å². The highest BCUT2D eigenvalue weighted by Crippen LogP contribution is 2.35. The summed E-state index contributed by atoms with van der Waals surface area (Å²) in [6, 6.07) is 26.5. The predicted molar refractivity (Wildman–Crippen MR) is 136 cm³/mol. The molecule has 35 heavy (non-hydrogen) atoms. The summed E-state index contributed by atoms with van der Waals surface area (Å²) >= 11 is 0. The van der Waals surface area contributed by atoms with Gasteiger partial charge in [-0.1, -0.05) is 60.7 Å². The minimum Gasteiger partial charge on any atom is -0.508 e. The first-order chi connectivity index (χ1) is 16.8. The van der Waals surface area contributed by atoms with Gasteiger partial charge in [-0.15, -0.1) is 0 Å². The maximum atomic E-state index is 12.9. The molecular weight excluding hydrogens is 462 g/mol. The van der Waals surface area contributed by atoms with Crippen molar-refractivity contribution >= 4 is 26.5 Å². The molecule has 4 aromatic carbocycles. The number of sulfone groups is 1. The summed E-state index contributed by atoms with van der Waals surface area (Å²) in [4.78, 5) is 13.1. The van der Waals surface area contributed by atoms with Crippen LogP contribution >= 0.6 is 0 Å². The Labute approximate surface area is 205 Å². The van der Waals surface area contributed by atoms with E-state index < -0.39 is 15.9 Å². The quantitative estimate of drug-likeness (QED) is 0.322. The zero-order chi connectivity index (χ0) is 24.8. The fraction of sp³-hybridized carbons (Fsp3) is 0.179. The van der Waals surface area contributed by atoms with Crippen molar-refractivity contribution in [3.63, 3.8) is 0 Å². The highest BCUT2D eigenvalue weighted by Gasteiger charge is 2.22. The SMILES string of the molecule is CS(=O)(=O)c1ccc(OCCCC(=O)NC(c2ccccc2)c2c(O)ccc3ccccc23)cc1. The minimum atomic E-state index is -3.26. The van der Waals surface area contributed by atoms with Gasteiger partial charge < -0.3 is 15.2 Å². The van der Waals surface area contributed by atoms with Crippen LogP contribution in [0.15, 0.2) is 95.9 Å². The standard InChI is InChI=1S/C28H27NO5S/c1-35(32,33)23-16-14-22(15-17-23)34-19-7-12-26(31)29-28(21-9-3-2-4-10-21)27-24-11-6-5-8-20(24)13-18-25(27)30/h2-6,8-11,13-18,28,30H,7,12,19H2,1H3,(H,29,31). The summed E-state index contributed by atoms with van der Waals surface area (Å²) in [6.45, 7) is 0.307. The maximum absolute atomic E-state index is 12.9. The van der Waals surface area contributed by atoms with Crippen LogP contribution in [0.25, 0.3) is 10.8 Å². The number of carbonyl (C=O) groups excluding carboxylic acids is 1. The van der Waals surface area contributed by atoms with E-state index >= 15 is 0 Å². The number of rotatable bonds is 9. The van der Waals surface area contributed by atoms with Crippen molar-refractivity contribution in [1.29, 1.82) is 0 Å². The number of phenolic OH excluding ortho intramolecular Hbond substituents is 1. The summed E-state index contributed by atoms with van der Waals surface area (Å²) in [7, 11) is -3.26. The third-order valence-electron chi connectivity index (χ3n) is 5.74. The average molecular weight is 490 g/mol. The number of hydrogen-bond acceptors (Lipinski definition) is 5. The van der Waals surface area contributed by atoms with E-state index in [2.05, 4.69) is 5.32 Å². The summed E-state index contributed by atoms with van der Waals surface area (Å²) in [5.41, 5.74) is 1.53. The monoisotopic (exact) mass is 489 g/mol. The molecule has 4 aromatic rings. The van der Waals surface area contributed by atoms with E-state index in [0.29, 0.717) is 24.3 Å². The molecule has 4 rings (SSSR count). The Morgan fingerprint density at radius 3 is 2.31 bits per heavy atom. The molecule has 1 amide bonds. The average Bonchev–Trinajstić information content (AvgIpc) is 2.86. The van der Waals surface area contributed by atoms with Gasteiger partial charge in [-0.3, -0.25) is 4.79 Å². The fourth-order valence-corrected chi connectivity index (χ4v) is 4.62. The Morgan fingerprint density at radius 1 is 0.914 bits per heavy atom. The Kier molecular flexibility index (Phi) is 7.36. The second-order valence-electron chi connectivity index (χ2n) is 8.33. The van der Waals surface area contributed by atoms with E-state index in [1.807, 2.05) is 60.7 Å². The third-order valence-corrected chi connectivity index (χ3v) is 6.87. The van der Waals surface area contributed by atoms with E-state index in [9.17, 15) is 18.3 Å². The molecular formula is C28H27NO5S. The molecule has 0 aliphatic heterocycles. The molecule has 2 N–H and O–H groups in total. The molecule has 0 saturated carbocycles. The fourth-order valence-electron chi connectivity index (χ4n) is 3.99. The molecule has 0 aromatic heterocycles. The van der Waals surface area contributed by atoms with Crippen LogP contribution < -0.4 is 10.1 Å². The van der Waals surface area contributed by atoms with Crippen LogP contribution in [0.4, 0.5) is 0 Å². The summed E-state index contributed by atoms with van der Waals surface area (Å²) in [6.07, 6.45) is 1.86. The summed E-state index contributed by atoms with van der Waals surface area (Å²) < 4.78 is 28.8. The lowest BCUT2D eigenvalue weighted by Crippen LogP contribution is -2.29. The molecule has 6 nitrogen and oxygen atoms in total. The zero-order valence-corrected chi connectivity index (χ0v) is 20.2. The van der Waals surface area contributed by atoms with Crippen molar-refractivity contribution in [1.82, 2.24) is 5.32 Å². The lowest BCUT2D eigenvalue weighted by molar-refractivity contribution is -0.121. The van der Waals surface area contributed by atoms with Crippen LogP contribution in [0.3, 0.4) is 0 Å².